The van der Waals surface area contributed by atoms with E-state index in [0.29, 0.717) is 12.8 Å². The van der Waals surface area contributed by atoms with Gasteiger partial charge < -0.3 is 89.9 Å². The Morgan fingerprint density at radius 1 is 0.582 bits per heavy atom. The average molecular weight is 802 g/mol. The maximum atomic E-state index is 12.7. The molecule has 17 atom stereocenters. The molecule has 1 amide bonds. The van der Waals surface area contributed by atoms with Gasteiger partial charge in [0.2, 0.25) is 5.91 Å². The zero-order valence-electron chi connectivity index (χ0n) is 31.9. The van der Waals surface area contributed by atoms with Crippen LogP contribution in [0.3, 0.4) is 0 Å². The molecule has 55 heavy (non-hydrogen) atoms. The number of amides is 1. The number of hydrogen-bond donors (Lipinski definition) is 12. The molecule has 3 saturated heterocycles. The molecule has 12 N–H and O–H groups in total. The smallest absolute Gasteiger partial charge is 0.220 e. The zero-order valence-corrected chi connectivity index (χ0v) is 31.9. The van der Waals surface area contributed by atoms with Crippen molar-refractivity contribution in [3.63, 3.8) is 0 Å². The number of ether oxygens (including phenoxy) is 6. The quantitative estimate of drug-likeness (QED) is 0.0434. The van der Waals surface area contributed by atoms with E-state index < -0.39 is 124 Å². The SMILES string of the molecule is CCCCCCCCCC(O)C(COC1OC(CO)C(OC2OC(CO)C(OC3OC(CO)C(O)C(O)C3O)C(O)C2O)C(O)C1O)NC(=O)CCCCC. The second kappa shape index (κ2) is 24.7. The second-order valence-electron chi connectivity index (χ2n) is 14.8. The van der Waals surface area contributed by atoms with E-state index in [2.05, 4.69) is 12.2 Å². The van der Waals surface area contributed by atoms with Crippen molar-refractivity contribution in [2.24, 2.45) is 0 Å². The molecule has 0 aromatic rings. The van der Waals surface area contributed by atoms with E-state index in [1.807, 2.05) is 6.92 Å². The fraction of sp³-hybridized carbons (Fsp3) is 0.972. The highest BCUT2D eigenvalue weighted by Crippen LogP contribution is 2.33. The van der Waals surface area contributed by atoms with Crippen molar-refractivity contribution in [3.05, 3.63) is 0 Å². The highest BCUT2D eigenvalue weighted by molar-refractivity contribution is 5.76. The summed E-state index contributed by atoms with van der Waals surface area (Å²) in [6.45, 7) is 1.46. The highest BCUT2D eigenvalue weighted by atomic mass is 16.8. The van der Waals surface area contributed by atoms with Crippen LogP contribution < -0.4 is 5.32 Å². The molecule has 19 nitrogen and oxygen atoms in total. The number of carbonyl (C=O) groups is 1. The van der Waals surface area contributed by atoms with Gasteiger partial charge in [-0.25, -0.2) is 0 Å². The van der Waals surface area contributed by atoms with Gasteiger partial charge >= 0.3 is 0 Å². The number of nitrogens with one attached hydrogen (secondary N) is 1. The third-order valence-electron chi connectivity index (χ3n) is 10.4. The summed E-state index contributed by atoms with van der Waals surface area (Å²) in [4.78, 5) is 12.7. The number of carbonyl (C=O) groups excluding carboxylic acids is 1. The molecule has 3 aliphatic heterocycles. The first-order valence-corrected chi connectivity index (χ1v) is 19.8. The summed E-state index contributed by atoms with van der Waals surface area (Å²) >= 11 is 0. The van der Waals surface area contributed by atoms with E-state index in [9.17, 15) is 61.0 Å². The summed E-state index contributed by atoms with van der Waals surface area (Å²) in [6.07, 6.45) is -16.1. The van der Waals surface area contributed by atoms with Crippen molar-refractivity contribution in [1.82, 2.24) is 5.32 Å². The van der Waals surface area contributed by atoms with Crippen LogP contribution in [0.5, 0.6) is 0 Å². The molecule has 3 heterocycles. The van der Waals surface area contributed by atoms with Crippen LogP contribution in [0.4, 0.5) is 0 Å². The van der Waals surface area contributed by atoms with Crippen molar-refractivity contribution in [3.8, 4) is 0 Å². The van der Waals surface area contributed by atoms with E-state index in [1.165, 1.54) is 6.42 Å². The van der Waals surface area contributed by atoms with E-state index in [-0.39, 0.29) is 18.9 Å². The van der Waals surface area contributed by atoms with Gasteiger partial charge in [0.05, 0.1) is 38.6 Å². The molecule has 19 heteroatoms. The number of aliphatic hydroxyl groups excluding tert-OH is 11. The number of aliphatic hydroxyl groups is 11. The van der Waals surface area contributed by atoms with Gasteiger partial charge in [-0.3, -0.25) is 4.79 Å². The van der Waals surface area contributed by atoms with Crippen molar-refractivity contribution in [2.75, 3.05) is 26.4 Å². The van der Waals surface area contributed by atoms with E-state index in [0.717, 1.165) is 51.4 Å². The molecular weight excluding hydrogens is 734 g/mol. The lowest BCUT2D eigenvalue weighted by atomic mass is 9.96. The van der Waals surface area contributed by atoms with Crippen molar-refractivity contribution >= 4 is 5.91 Å². The van der Waals surface area contributed by atoms with Gasteiger partial charge in [0.25, 0.3) is 0 Å². The normalized spacial score (nSPS) is 38.1. The van der Waals surface area contributed by atoms with Gasteiger partial charge in [0.15, 0.2) is 18.9 Å². The largest absolute Gasteiger partial charge is 0.394 e. The van der Waals surface area contributed by atoms with Gasteiger partial charge in [-0.1, -0.05) is 71.6 Å². The molecule has 17 unspecified atom stereocenters. The van der Waals surface area contributed by atoms with Gasteiger partial charge in [-0.15, -0.1) is 0 Å². The maximum Gasteiger partial charge on any atom is 0.220 e. The monoisotopic (exact) mass is 801 g/mol. The molecule has 0 aromatic heterocycles. The van der Waals surface area contributed by atoms with Crippen molar-refractivity contribution < 1.29 is 89.4 Å². The molecule has 3 rings (SSSR count). The Bertz CT molecular complexity index is 1060. The first kappa shape index (κ1) is 48.2. The Morgan fingerprint density at radius 2 is 1.04 bits per heavy atom. The third-order valence-corrected chi connectivity index (χ3v) is 10.4. The van der Waals surface area contributed by atoms with E-state index in [1.54, 1.807) is 0 Å². The van der Waals surface area contributed by atoms with Crippen LogP contribution in [-0.4, -0.2) is 193 Å². The van der Waals surface area contributed by atoms with Crippen molar-refractivity contribution in [2.45, 2.75) is 195 Å². The molecule has 0 spiro atoms. The minimum atomic E-state index is -1.96. The Kier molecular flexibility index (Phi) is 21.6. The van der Waals surface area contributed by atoms with Crippen LogP contribution in [0.2, 0.25) is 0 Å². The lowest BCUT2D eigenvalue weighted by Gasteiger charge is -2.48. The minimum Gasteiger partial charge on any atom is -0.394 e. The van der Waals surface area contributed by atoms with Crippen LogP contribution in [0.25, 0.3) is 0 Å². The van der Waals surface area contributed by atoms with Gasteiger partial charge in [0, 0.05) is 6.42 Å². The van der Waals surface area contributed by atoms with Crippen LogP contribution in [0.15, 0.2) is 0 Å². The third kappa shape index (κ3) is 13.7. The Hall–Kier alpha value is -1.21. The van der Waals surface area contributed by atoms with Gasteiger partial charge in [-0.05, 0) is 12.8 Å². The molecule has 0 radical (unpaired) electrons. The molecule has 324 valence electrons. The van der Waals surface area contributed by atoms with Gasteiger partial charge in [0.1, 0.15) is 73.2 Å². The molecule has 0 saturated carbocycles. The zero-order chi connectivity index (χ0) is 40.7. The lowest BCUT2D eigenvalue weighted by molar-refractivity contribution is -0.379. The van der Waals surface area contributed by atoms with Crippen LogP contribution in [0, 0.1) is 0 Å². The predicted molar refractivity (Wildman–Crippen MR) is 190 cm³/mol. The van der Waals surface area contributed by atoms with Crippen molar-refractivity contribution in [1.29, 1.82) is 0 Å². The molecule has 0 bridgehead atoms. The number of unbranched alkanes of at least 4 members (excludes halogenated alkanes) is 8. The molecule has 3 fully saturated rings. The first-order valence-electron chi connectivity index (χ1n) is 19.8. The summed E-state index contributed by atoms with van der Waals surface area (Å²) < 4.78 is 33.7. The van der Waals surface area contributed by atoms with Gasteiger partial charge in [-0.2, -0.15) is 0 Å². The second-order valence-corrected chi connectivity index (χ2v) is 14.8. The minimum absolute atomic E-state index is 0.253. The Balaban J connectivity index is 1.63. The van der Waals surface area contributed by atoms with Crippen LogP contribution in [-0.2, 0) is 33.2 Å². The summed E-state index contributed by atoms with van der Waals surface area (Å²) in [7, 11) is 0. The first-order chi connectivity index (χ1) is 26.3. The number of rotatable bonds is 24. The topological polar surface area (TPSA) is 307 Å². The fourth-order valence-electron chi connectivity index (χ4n) is 6.95. The summed E-state index contributed by atoms with van der Waals surface area (Å²) in [5, 5.41) is 118. The highest BCUT2D eigenvalue weighted by Gasteiger charge is 2.53. The van der Waals surface area contributed by atoms with Crippen LogP contribution in [0.1, 0.15) is 90.9 Å². The summed E-state index contributed by atoms with van der Waals surface area (Å²) in [6, 6.07) is -0.871. The van der Waals surface area contributed by atoms with E-state index >= 15 is 0 Å². The summed E-state index contributed by atoms with van der Waals surface area (Å²) in [5.41, 5.74) is 0. The predicted octanol–water partition coefficient (Wildman–Crippen LogP) is -2.98. The molecule has 3 aliphatic rings. The fourth-order valence-corrected chi connectivity index (χ4v) is 6.95. The standard InChI is InChI=1S/C36H67NO18/c1-3-5-7-8-9-10-12-13-20(41)19(37-24(42)14-11-6-4-2)18-50-34-30(48)27(45)32(22(16-39)52-34)55-36-31(49)28(46)33(23(17-40)53-36)54-35-29(47)26(44)25(43)21(15-38)51-35/h19-23,25-36,38-41,43-49H,3-18H2,1-2H3,(H,37,42). The molecule has 0 aliphatic carbocycles. The lowest BCUT2D eigenvalue weighted by Crippen LogP contribution is -2.66. The maximum absolute atomic E-state index is 12.7. The average Bonchev–Trinajstić information content (AvgIpc) is 3.17. The summed E-state index contributed by atoms with van der Waals surface area (Å²) in [5.74, 6) is -0.275. The Labute approximate surface area is 322 Å². The van der Waals surface area contributed by atoms with Crippen LogP contribution >= 0.6 is 0 Å². The number of hydrogen-bond acceptors (Lipinski definition) is 18. The van der Waals surface area contributed by atoms with E-state index in [4.69, 9.17) is 28.4 Å². The molecule has 0 aromatic carbocycles. The molecular formula is C36H67NO18. The Morgan fingerprint density at radius 3 is 1.58 bits per heavy atom.